The smallest absolute Gasteiger partial charge is 0.254 e. The summed E-state index contributed by atoms with van der Waals surface area (Å²) < 4.78 is 24.8. The number of carbonyl (C=O) groups is 1. The van der Waals surface area contributed by atoms with E-state index in [4.69, 9.17) is 0 Å². The average molecular weight is 311 g/mol. The Morgan fingerprint density at radius 3 is 2.76 bits per heavy atom. The molecular formula is C14H21N3O3S. The van der Waals surface area contributed by atoms with Gasteiger partial charge >= 0.3 is 0 Å². The minimum absolute atomic E-state index is 0.105. The number of rotatable bonds is 4. The molecule has 1 saturated heterocycles. The normalized spacial score (nSPS) is 24.7. The molecule has 0 bridgehead atoms. The predicted octanol–water partition coefficient (Wildman–Crippen LogP) is 1.08. The molecule has 2 aliphatic rings. The first kappa shape index (κ1) is 14.6. The molecule has 1 N–H and O–H groups in total. The lowest BCUT2D eigenvalue weighted by Crippen LogP contribution is -2.32. The van der Waals surface area contributed by atoms with Crippen LogP contribution in [0.2, 0.25) is 0 Å². The Balaban J connectivity index is 1.68. The molecular weight excluding hydrogens is 290 g/mol. The lowest BCUT2D eigenvalue weighted by molar-refractivity contribution is 0.0938. The van der Waals surface area contributed by atoms with Crippen LogP contribution in [0.1, 0.15) is 47.8 Å². The SMILES string of the molecule is Cc1c(C(=O)NCC2CCC2)cnn1C1CCS(=O)(=O)C1. The lowest BCUT2D eigenvalue weighted by atomic mass is 9.85. The van der Waals surface area contributed by atoms with Crippen molar-refractivity contribution < 1.29 is 13.2 Å². The summed E-state index contributed by atoms with van der Waals surface area (Å²) >= 11 is 0. The molecule has 1 aliphatic carbocycles. The summed E-state index contributed by atoms with van der Waals surface area (Å²) in [5, 5.41) is 7.19. The Hall–Kier alpha value is -1.37. The highest BCUT2D eigenvalue weighted by Crippen LogP contribution is 2.26. The van der Waals surface area contributed by atoms with E-state index < -0.39 is 9.84 Å². The van der Waals surface area contributed by atoms with E-state index >= 15 is 0 Å². The van der Waals surface area contributed by atoms with Gasteiger partial charge in [0.25, 0.3) is 5.91 Å². The molecule has 7 heteroatoms. The van der Waals surface area contributed by atoms with Crippen LogP contribution in [0.4, 0.5) is 0 Å². The van der Waals surface area contributed by atoms with Crippen molar-refractivity contribution in [1.29, 1.82) is 0 Å². The summed E-state index contributed by atoms with van der Waals surface area (Å²) in [6.07, 6.45) is 5.77. The fourth-order valence-corrected chi connectivity index (χ4v) is 4.70. The molecule has 0 spiro atoms. The van der Waals surface area contributed by atoms with Crippen molar-refractivity contribution >= 4 is 15.7 Å². The number of amides is 1. The fourth-order valence-electron chi connectivity index (χ4n) is 3.01. The van der Waals surface area contributed by atoms with Crippen molar-refractivity contribution in [2.45, 2.75) is 38.6 Å². The Kier molecular flexibility index (Phi) is 3.77. The molecule has 0 radical (unpaired) electrons. The topological polar surface area (TPSA) is 81.1 Å². The molecule has 2 heterocycles. The van der Waals surface area contributed by atoms with Gasteiger partial charge in [-0.05, 0) is 32.1 Å². The van der Waals surface area contributed by atoms with Gasteiger partial charge in [0, 0.05) is 12.2 Å². The highest BCUT2D eigenvalue weighted by atomic mass is 32.2. The third-order valence-corrected chi connectivity index (χ3v) is 6.37. The first-order valence-electron chi connectivity index (χ1n) is 7.49. The number of aromatic nitrogens is 2. The van der Waals surface area contributed by atoms with E-state index in [2.05, 4.69) is 10.4 Å². The second kappa shape index (κ2) is 5.44. The summed E-state index contributed by atoms with van der Waals surface area (Å²) in [5.74, 6) is 0.842. The third kappa shape index (κ3) is 2.97. The Morgan fingerprint density at radius 2 is 2.19 bits per heavy atom. The highest BCUT2D eigenvalue weighted by Gasteiger charge is 2.31. The van der Waals surface area contributed by atoms with Crippen molar-refractivity contribution in [3.8, 4) is 0 Å². The second-order valence-corrected chi connectivity index (χ2v) is 8.38. The van der Waals surface area contributed by atoms with E-state index in [1.54, 1.807) is 10.9 Å². The monoisotopic (exact) mass is 311 g/mol. The van der Waals surface area contributed by atoms with Crippen LogP contribution in [0.5, 0.6) is 0 Å². The maximum atomic E-state index is 12.2. The molecule has 1 aromatic heterocycles. The first-order chi connectivity index (χ1) is 9.96. The van der Waals surface area contributed by atoms with Crippen molar-refractivity contribution in [3.63, 3.8) is 0 Å². The molecule has 116 valence electrons. The van der Waals surface area contributed by atoms with Gasteiger partial charge in [0.15, 0.2) is 9.84 Å². The zero-order valence-corrected chi connectivity index (χ0v) is 13.0. The van der Waals surface area contributed by atoms with Crippen LogP contribution in [-0.4, -0.2) is 42.2 Å². The van der Waals surface area contributed by atoms with Gasteiger partial charge in [0.2, 0.25) is 0 Å². The van der Waals surface area contributed by atoms with Crippen molar-refractivity contribution in [2.24, 2.45) is 5.92 Å². The van der Waals surface area contributed by atoms with Gasteiger partial charge in [0.05, 0.1) is 29.3 Å². The van der Waals surface area contributed by atoms with Crippen LogP contribution in [0.3, 0.4) is 0 Å². The summed E-state index contributed by atoms with van der Waals surface area (Å²) in [4.78, 5) is 12.2. The second-order valence-electron chi connectivity index (χ2n) is 6.15. The number of hydrogen-bond acceptors (Lipinski definition) is 4. The minimum Gasteiger partial charge on any atom is -0.352 e. The lowest BCUT2D eigenvalue weighted by Gasteiger charge is -2.25. The third-order valence-electron chi connectivity index (χ3n) is 4.62. The van der Waals surface area contributed by atoms with Crippen molar-refractivity contribution in [3.05, 3.63) is 17.5 Å². The van der Waals surface area contributed by atoms with Crippen molar-refractivity contribution in [1.82, 2.24) is 15.1 Å². The first-order valence-corrected chi connectivity index (χ1v) is 9.31. The summed E-state index contributed by atoms with van der Waals surface area (Å²) in [6.45, 7) is 2.55. The predicted molar refractivity (Wildman–Crippen MR) is 78.9 cm³/mol. The van der Waals surface area contributed by atoms with Gasteiger partial charge in [0.1, 0.15) is 0 Å². The summed E-state index contributed by atoms with van der Waals surface area (Å²) in [7, 11) is -2.95. The van der Waals surface area contributed by atoms with Crippen LogP contribution in [0.25, 0.3) is 0 Å². The zero-order chi connectivity index (χ0) is 15.0. The van der Waals surface area contributed by atoms with Gasteiger partial charge in [-0.3, -0.25) is 9.48 Å². The molecule has 0 aromatic carbocycles. The number of hydrogen-bond donors (Lipinski definition) is 1. The van der Waals surface area contributed by atoms with Crippen LogP contribution in [0.15, 0.2) is 6.20 Å². The zero-order valence-electron chi connectivity index (χ0n) is 12.2. The van der Waals surface area contributed by atoms with Crippen molar-refractivity contribution in [2.75, 3.05) is 18.1 Å². The minimum atomic E-state index is -2.95. The molecule has 1 aromatic rings. The largest absolute Gasteiger partial charge is 0.352 e. The Bertz CT molecular complexity index is 646. The van der Waals surface area contributed by atoms with E-state index in [0.29, 0.717) is 17.9 Å². The van der Waals surface area contributed by atoms with E-state index in [9.17, 15) is 13.2 Å². The van der Waals surface area contributed by atoms with Crippen LogP contribution in [-0.2, 0) is 9.84 Å². The molecule has 1 aliphatic heterocycles. The maximum absolute atomic E-state index is 12.2. The van der Waals surface area contributed by atoms with Crippen LogP contribution in [0, 0.1) is 12.8 Å². The van der Waals surface area contributed by atoms with E-state index in [1.165, 1.54) is 19.3 Å². The number of nitrogens with zero attached hydrogens (tertiary/aromatic N) is 2. The fraction of sp³-hybridized carbons (Fsp3) is 0.714. The molecule has 1 saturated carbocycles. The van der Waals surface area contributed by atoms with Crippen LogP contribution >= 0.6 is 0 Å². The average Bonchev–Trinajstić information content (AvgIpc) is 2.90. The number of nitrogens with one attached hydrogen (secondary N) is 1. The molecule has 3 rings (SSSR count). The maximum Gasteiger partial charge on any atom is 0.254 e. The van der Waals surface area contributed by atoms with Gasteiger partial charge < -0.3 is 5.32 Å². The number of sulfone groups is 1. The molecule has 21 heavy (non-hydrogen) atoms. The van der Waals surface area contributed by atoms with Gasteiger partial charge in [-0.2, -0.15) is 5.10 Å². The summed E-state index contributed by atoms with van der Waals surface area (Å²) in [5.41, 5.74) is 1.31. The highest BCUT2D eigenvalue weighted by molar-refractivity contribution is 7.91. The molecule has 1 atom stereocenters. The standard InChI is InChI=1S/C14H21N3O3S/c1-10-13(14(18)15-7-11-3-2-4-11)8-16-17(10)12-5-6-21(19,20)9-12/h8,11-12H,2-7,9H2,1H3,(H,15,18). The Labute approximate surface area is 124 Å². The van der Waals surface area contributed by atoms with Gasteiger partial charge in [-0.15, -0.1) is 0 Å². The van der Waals surface area contributed by atoms with E-state index in [-0.39, 0.29) is 23.5 Å². The Morgan fingerprint density at radius 1 is 1.43 bits per heavy atom. The van der Waals surface area contributed by atoms with E-state index in [0.717, 1.165) is 12.2 Å². The molecule has 1 amide bonds. The molecule has 6 nitrogen and oxygen atoms in total. The van der Waals surface area contributed by atoms with E-state index in [1.807, 2.05) is 6.92 Å². The van der Waals surface area contributed by atoms with Crippen LogP contribution < -0.4 is 5.32 Å². The van der Waals surface area contributed by atoms with Gasteiger partial charge in [-0.25, -0.2) is 8.42 Å². The molecule has 1 unspecified atom stereocenters. The number of carbonyl (C=O) groups excluding carboxylic acids is 1. The summed E-state index contributed by atoms with van der Waals surface area (Å²) in [6, 6.07) is -0.136. The van der Waals surface area contributed by atoms with Gasteiger partial charge in [-0.1, -0.05) is 6.42 Å². The quantitative estimate of drug-likeness (QED) is 0.902. The molecule has 2 fully saturated rings.